The maximum Gasteiger partial charge on any atom is 0.254 e. The molecule has 0 radical (unpaired) electrons. The van der Waals surface area contributed by atoms with Crippen molar-refractivity contribution < 1.29 is 23.8 Å². The van der Waals surface area contributed by atoms with Crippen molar-refractivity contribution in [3.63, 3.8) is 0 Å². The van der Waals surface area contributed by atoms with Crippen LogP contribution in [0.3, 0.4) is 0 Å². The molecule has 9 heteroatoms. The van der Waals surface area contributed by atoms with Crippen molar-refractivity contribution in [2.24, 2.45) is 5.73 Å². The molecule has 0 unspecified atom stereocenters. The van der Waals surface area contributed by atoms with Crippen LogP contribution < -0.4 is 15.2 Å². The van der Waals surface area contributed by atoms with Gasteiger partial charge in [0.1, 0.15) is 0 Å². The third-order valence-corrected chi connectivity index (χ3v) is 5.28. The molecule has 0 atom stereocenters. The van der Waals surface area contributed by atoms with Gasteiger partial charge in [0.05, 0.1) is 5.54 Å². The van der Waals surface area contributed by atoms with Crippen molar-refractivity contribution in [1.29, 1.82) is 0 Å². The van der Waals surface area contributed by atoms with Gasteiger partial charge in [-0.15, -0.1) is 12.4 Å². The number of halogens is 1. The number of benzene rings is 1. The number of hydrogen-bond acceptors (Lipinski definition) is 6. The fraction of sp³-hybridized carbons (Fsp3) is 0.556. The summed E-state index contributed by atoms with van der Waals surface area (Å²) in [6, 6.07) is 5.20. The minimum atomic E-state index is -0.832. The summed E-state index contributed by atoms with van der Waals surface area (Å²) in [6.07, 6.45) is 1.09. The maximum atomic E-state index is 12.8. The Bertz CT molecular complexity index is 715. The van der Waals surface area contributed by atoms with Crippen LogP contribution in [0.2, 0.25) is 0 Å². The molecule has 3 heterocycles. The van der Waals surface area contributed by atoms with Crippen molar-refractivity contribution in [1.82, 2.24) is 9.80 Å². The largest absolute Gasteiger partial charge is 0.454 e. The first kappa shape index (κ1) is 19.7. The van der Waals surface area contributed by atoms with Crippen LogP contribution >= 0.6 is 12.4 Å². The topological polar surface area (TPSA) is 94.3 Å². The average Bonchev–Trinajstić information content (AvgIpc) is 3.15. The summed E-state index contributed by atoms with van der Waals surface area (Å²) in [4.78, 5) is 29.0. The fourth-order valence-corrected chi connectivity index (χ4v) is 3.59. The van der Waals surface area contributed by atoms with Crippen LogP contribution in [0.25, 0.3) is 0 Å². The molecular formula is C18H24ClN3O5. The Morgan fingerprint density at radius 3 is 2.30 bits per heavy atom. The molecule has 1 aromatic rings. The molecule has 2 saturated heterocycles. The summed E-state index contributed by atoms with van der Waals surface area (Å²) in [5, 5.41) is 0. The van der Waals surface area contributed by atoms with E-state index >= 15 is 0 Å². The Hall–Kier alpha value is -2.03. The predicted octanol–water partition coefficient (Wildman–Crippen LogP) is 0.629. The number of fused-ring (bicyclic) bond motifs is 1. The number of rotatable bonds is 2. The lowest BCUT2D eigenvalue weighted by Crippen LogP contribution is -2.61. The van der Waals surface area contributed by atoms with Gasteiger partial charge in [-0.2, -0.15) is 0 Å². The number of nitrogens with zero attached hydrogens (tertiary/aromatic N) is 2. The second-order valence-corrected chi connectivity index (χ2v) is 6.92. The number of piperazine rings is 1. The highest BCUT2D eigenvalue weighted by atomic mass is 35.5. The van der Waals surface area contributed by atoms with E-state index in [9.17, 15) is 9.59 Å². The van der Waals surface area contributed by atoms with Gasteiger partial charge < -0.3 is 29.7 Å². The van der Waals surface area contributed by atoms with Crippen molar-refractivity contribution in [3.8, 4) is 11.5 Å². The van der Waals surface area contributed by atoms with Gasteiger partial charge in [-0.05, 0) is 31.0 Å². The molecule has 4 rings (SSSR count). The van der Waals surface area contributed by atoms with E-state index in [1.807, 2.05) is 0 Å². The number of amides is 2. The summed E-state index contributed by atoms with van der Waals surface area (Å²) in [7, 11) is 0. The molecule has 8 nitrogen and oxygen atoms in total. The minimum Gasteiger partial charge on any atom is -0.454 e. The number of carbonyl (C=O) groups excluding carboxylic acids is 2. The predicted molar refractivity (Wildman–Crippen MR) is 99.3 cm³/mol. The Morgan fingerprint density at radius 1 is 0.963 bits per heavy atom. The highest BCUT2D eigenvalue weighted by Crippen LogP contribution is 2.33. The summed E-state index contributed by atoms with van der Waals surface area (Å²) >= 11 is 0. The van der Waals surface area contributed by atoms with E-state index in [2.05, 4.69) is 0 Å². The van der Waals surface area contributed by atoms with Crippen LogP contribution in [0, 0.1) is 0 Å². The van der Waals surface area contributed by atoms with Crippen molar-refractivity contribution >= 4 is 24.2 Å². The number of carbonyl (C=O) groups is 2. The zero-order valence-electron chi connectivity index (χ0n) is 15.0. The second kappa shape index (κ2) is 7.92. The van der Waals surface area contributed by atoms with Gasteiger partial charge in [-0.1, -0.05) is 0 Å². The normalized spacial score (nSPS) is 20.8. The Labute approximate surface area is 163 Å². The number of hydrogen-bond donors (Lipinski definition) is 1. The van der Waals surface area contributed by atoms with Crippen molar-refractivity contribution in [2.45, 2.75) is 18.4 Å². The highest BCUT2D eigenvalue weighted by molar-refractivity contribution is 5.95. The smallest absolute Gasteiger partial charge is 0.254 e. The second-order valence-electron chi connectivity index (χ2n) is 6.92. The average molecular weight is 398 g/mol. The fourth-order valence-electron chi connectivity index (χ4n) is 3.59. The zero-order valence-corrected chi connectivity index (χ0v) is 15.8. The first-order valence-corrected chi connectivity index (χ1v) is 8.92. The van der Waals surface area contributed by atoms with E-state index in [0.717, 1.165) is 0 Å². The standard InChI is InChI=1S/C18H23N3O5.ClH/c19-18(3-9-24-10-4-18)17(23)21-7-5-20(6-8-21)16(22)13-1-2-14-15(11-13)26-12-25-14;/h1-2,11H,3-10,12,19H2;1H. The Morgan fingerprint density at radius 2 is 1.59 bits per heavy atom. The molecule has 2 N–H and O–H groups in total. The van der Waals surface area contributed by atoms with Crippen LogP contribution in [0.15, 0.2) is 18.2 Å². The lowest BCUT2D eigenvalue weighted by molar-refractivity contribution is -0.142. The van der Waals surface area contributed by atoms with E-state index in [0.29, 0.717) is 69.3 Å². The molecule has 0 aliphatic carbocycles. The van der Waals surface area contributed by atoms with Gasteiger partial charge in [0.2, 0.25) is 12.7 Å². The van der Waals surface area contributed by atoms with Gasteiger partial charge in [0, 0.05) is 45.0 Å². The molecular weight excluding hydrogens is 374 g/mol. The van der Waals surface area contributed by atoms with E-state index in [1.54, 1.807) is 28.0 Å². The van der Waals surface area contributed by atoms with Gasteiger partial charge in [-0.3, -0.25) is 9.59 Å². The van der Waals surface area contributed by atoms with E-state index < -0.39 is 5.54 Å². The number of ether oxygens (including phenoxy) is 3. The van der Waals surface area contributed by atoms with E-state index in [4.69, 9.17) is 19.9 Å². The van der Waals surface area contributed by atoms with E-state index in [1.165, 1.54) is 0 Å². The van der Waals surface area contributed by atoms with Crippen molar-refractivity contribution in [2.75, 3.05) is 46.2 Å². The summed E-state index contributed by atoms with van der Waals surface area (Å²) < 4.78 is 15.9. The van der Waals surface area contributed by atoms with Gasteiger partial charge in [0.25, 0.3) is 5.91 Å². The molecule has 0 bridgehead atoms. The molecule has 148 valence electrons. The molecule has 0 spiro atoms. The van der Waals surface area contributed by atoms with Crippen LogP contribution in [0.4, 0.5) is 0 Å². The van der Waals surface area contributed by atoms with Crippen LogP contribution in [-0.4, -0.2) is 73.3 Å². The highest BCUT2D eigenvalue weighted by Gasteiger charge is 2.40. The first-order valence-electron chi connectivity index (χ1n) is 8.92. The Balaban J connectivity index is 0.00000210. The molecule has 1 aromatic carbocycles. The zero-order chi connectivity index (χ0) is 18.1. The van der Waals surface area contributed by atoms with Crippen LogP contribution in [-0.2, 0) is 9.53 Å². The van der Waals surface area contributed by atoms with Gasteiger partial charge in [-0.25, -0.2) is 0 Å². The molecule has 0 saturated carbocycles. The lowest BCUT2D eigenvalue weighted by atomic mass is 9.89. The number of nitrogens with two attached hydrogens (primary N) is 1. The molecule has 2 amide bonds. The molecule has 2 fully saturated rings. The summed E-state index contributed by atoms with van der Waals surface area (Å²) in [5.74, 6) is 1.15. The third-order valence-electron chi connectivity index (χ3n) is 5.28. The van der Waals surface area contributed by atoms with Crippen LogP contribution in [0.5, 0.6) is 11.5 Å². The summed E-state index contributed by atoms with van der Waals surface area (Å²) in [5.41, 5.74) is 6.03. The molecule has 3 aliphatic heterocycles. The van der Waals surface area contributed by atoms with Crippen LogP contribution in [0.1, 0.15) is 23.2 Å². The molecule has 27 heavy (non-hydrogen) atoms. The monoisotopic (exact) mass is 397 g/mol. The van der Waals surface area contributed by atoms with E-state index in [-0.39, 0.29) is 31.0 Å². The lowest BCUT2D eigenvalue weighted by Gasteiger charge is -2.40. The first-order chi connectivity index (χ1) is 12.6. The molecule has 0 aromatic heterocycles. The molecule has 3 aliphatic rings. The minimum absolute atomic E-state index is 0. The quantitative estimate of drug-likeness (QED) is 0.786. The van der Waals surface area contributed by atoms with Gasteiger partial charge >= 0.3 is 0 Å². The SMILES string of the molecule is Cl.NC1(C(=O)N2CCN(C(=O)c3ccc4c(c3)OCO4)CC2)CCOCC1. The van der Waals surface area contributed by atoms with Crippen molar-refractivity contribution in [3.05, 3.63) is 23.8 Å². The Kier molecular flexibility index (Phi) is 5.78. The third kappa shape index (κ3) is 3.83. The maximum absolute atomic E-state index is 12.8. The summed E-state index contributed by atoms with van der Waals surface area (Å²) in [6.45, 7) is 3.19. The van der Waals surface area contributed by atoms with Gasteiger partial charge in [0.15, 0.2) is 11.5 Å².